The van der Waals surface area contributed by atoms with E-state index in [0.717, 1.165) is 17.3 Å². The van der Waals surface area contributed by atoms with Gasteiger partial charge in [0.05, 0.1) is 11.4 Å². The summed E-state index contributed by atoms with van der Waals surface area (Å²) in [4.78, 5) is 39.0. The highest BCUT2D eigenvalue weighted by Gasteiger charge is 2.35. The van der Waals surface area contributed by atoms with Crippen LogP contribution in [-0.2, 0) is 16.1 Å². The third-order valence-electron chi connectivity index (χ3n) is 4.73. The van der Waals surface area contributed by atoms with Crippen LogP contribution in [0.5, 0.6) is 5.75 Å². The van der Waals surface area contributed by atoms with Gasteiger partial charge in [0.1, 0.15) is 5.75 Å². The van der Waals surface area contributed by atoms with Gasteiger partial charge in [-0.2, -0.15) is 0 Å². The average Bonchev–Trinajstić information content (AvgIpc) is 3.07. The molecule has 3 aromatic carbocycles. The van der Waals surface area contributed by atoms with E-state index in [0.29, 0.717) is 22.0 Å². The van der Waals surface area contributed by atoms with E-state index in [1.165, 1.54) is 4.90 Å². The molecule has 1 aliphatic rings. The third kappa shape index (κ3) is 5.83. The normalized spacial score (nSPS) is 14.6. The lowest BCUT2D eigenvalue weighted by Gasteiger charge is -2.12. The van der Waals surface area contributed by atoms with Crippen molar-refractivity contribution in [2.24, 2.45) is 0 Å². The van der Waals surface area contributed by atoms with Gasteiger partial charge < -0.3 is 10.1 Å². The van der Waals surface area contributed by atoms with E-state index in [9.17, 15) is 14.4 Å². The van der Waals surface area contributed by atoms with Crippen molar-refractivity contribution in [2.75, 3.05) is 11.9 Å². The van der Waals surface area contributed by atoms with E-state index in [2.05, 4.69) is 5.32 Å². The zero-order chi connectivity index (χ0) is 23.2. The third-order valence-corrected chi connectivity index (χ3v) is 5.87. The number of nitrogens with zero attached hydrogens (tertiary/aromatic N) is 1. The molecule has 1 heterocycles. The summed E-state index contributed by atoms with van der Waals surface area (Å²) in [6.07, 6.45) is 1.56. The minimum atomic E-state index is -0.387. The van der Waals surface area contributed by atoms with Gasteiger partial charge in [-0.25, -0.2) is 0 Å². The smallest absolute Gasteiger partial charge is 0.293 e. The summed E-state index contributed by atoms with van der Waals surface area (Å²) in [5, 5.41) is 2.83. The Morgan fingerprint density at radius 3 is 2.42 bits per heavy atom. The van der Waals surface area contributed by atoms with Gasteiger partial charge in [-0.3, -0.25) is 19.3 Å². The van der Waals surface area contributed by atoms with Crippen molar-refractivity contribution in [3.05, 3.63) is 99.9 Å². The van der Waals surface area contributed by atoms with Gasteiger partial charge >= 0.3 is 0 Å². The first-order chi connectivity index (χ1) is 16.0. The van der Waals surface area contributed by atoms with Gasteiger partial charge in [0, 0.05) is 16.3 Å². The molecule has 3 amide bonds. The number of hydrogen-bond donors (Lipinski definition) is 1. The Kier molecular flexibility index (Phi) is 7.12. The van der Waals surface area contributed by atoms with Crippen molar-refractivity contribution in [3.63, 3.8) is 0 Å². The van der Waals surface area contributed by atoms with E-state index >= 15 is 0 Å². The summed E-state index contributed by atoms with van der Waals surface area (Å²) < 4.78 is 5.69. The molecule has 3 aromatic rings. The van der Waals surface area contributed by atoms with Crippen LogP contribution in [0.3, 0.4) is 0 Å². The van der Waals surface area contributed by atoms with Crippen molar-refractivity contribution in [3.8, 4) is 5.75 Å². The fraction of sp³-hybridized carbons (Fsp3) is 0.0800. The predicted molar refractivity (Wildman–Crippen MR) is 130 cm³/mol. The molecular weight excluding hydrogens is 460 g/mol. The number of amides is 3. The van der Waals surface area contributed by atoms with Crippen LogP contribution < -0.4 is 10.1 Å². The molecule has 1 saturated heterocycles. The van der Waals surface area contributed by atoms with Crippen LogP contribution in [0.1, 0.15) is 11.1 Å². The summed E-state index contributed by atoms with van der Waals surface area (Å²) in [5.41, 5.74) is 2.02. The molecule has 166 valence electrons. The highest BCUT2D eigenvalue weighted by molar-refractivity contribution is 8.18. The lowest BCUT2D eigenvalue weighted by Crippen LogP contribution is -2.27. The van der Waals surface area contributed by atoms with E-state index in [1.54, 1.807) is 36.4 Å². The van der Waals surface area contributed by atoms with Crippen LogP contribution in [0.2, 0.25) is 5.02 Å². The van der Waals surface area contributed by atoms with Gasteiger partial charge in [-0.1, -0.05) is 60.1 Å². The minimum Gasteiger partial charge on any atom is -0.483 e. The first-order valence-electron chi connectivity index (χ1n) is 10.1. The molecule has 0 bridgehead atoms. The standard InChI is InChI=1S/C25H19ClN2O4S/c26-19-11-12-21(32-16-23(29)27-20-9-5-2-6-10-20)18(13-19)14-22-24(30)28(25(31)33-22)15-17-7-3-1-4-8-17/h1-14H,15-16H2,(H,27,29)/b22-14-. The number of hydrogen-bond acceptors (Lipinski definition) is 5. The number of carbonyl (C=O) groups excluding carboxylic acids is 3. The minimum absolute atomic E-state index is 0.196. The van der Waals surface area contributed by atoms with Gasteiger partial charge in [-0.15, -0.1) is 0 Å². The Morgan fingerprint density at radius 2 is 1.70 bits per heavy atom. The summed E-state index contributed by atoms with van der Waals surface area (Å²) >= 11 is 7.00. The Bertz CT molecular complexity index is 1220. The lowest BCUT2D eigenvalue weighted by molar-refractivity contribution is -0.123. The number of nitrogens with one attached hydrogen (secondary N) is 1. The molecule has 0 atom stereocenters. The van der Waals surface area contributed by atoms with Gasteiger partial charge in [0.2, 0.25) is 0 Å². The molecule has 0 aliphatic carbocycles. The first kappa shape index (κ1) is 22.6. The van der Waals surface area contributed by atoms with Crippen LogP contribution in [0.15, 0.2) is 83.8 Å². The molecule has 33 heavy (non-hydrogen) atoms. The van der Waals surface area contributed by atoms with Crippen LogP contribution in [0.4, 0.5) is 10.5 Å². The van der Waals surface area contributed by atoms with Crippen molar-refractivity contribution in [1.29, 1.82) is 0 Å². The van der Waals surface area contributed by atoms with Crippen LogP contribution >= 0.6 is 23.4 Å². The number of halogens is 1. The molecular formula is C25H19ClN2O4S. The Balaban J connectivity index is 1.48. The number of imide groups is 1. The summed E-state index contributed by atoms with van der Waals surface area (Å²) in [6.45, 7) is -0.0335. The molecule has 1 fully saturated rings. The van der Waals surface area contributed by atoms with Crippen molar-refractivity contribution < 1.29 is 19.1 Å². The highest BCUT2D eigenvalue weighted by atomic mass is 35.5. The number of thioether (sulfide) groups is 1. The number of anilines is 1. The molecule has 1 aliphatic heterocycles. The maximum absolute atomic E-state index is 12.9. The molecule has 0 radical (unpaired) electrons. The number of rotatable bonds is 7. The summed E-state index contributed by atoms with van der Waals surface area (Å²) in [7, 11) is 0. The molecule has 8 heteroatoms. The number of carbonyl (C=O) groups is 3. The molecule has 0 unspecified atom stereocenters. The van der Waals surface area contributed by atoms with E-state index in [-0.39, 0.29) is 35.1 Å². The van der Waals surface area contributed by atoms with Gasteiger partial charge in [0.25, 0.3) is 17.1 Å². The van der Waals surface area contributed by atoms with Crippen LogP contribution in [0.25, 0.3) is 6.08 Å². The van der Waals surface area contributed by atoms with E-state index in [1.807, 2.05) is 48.5 Å². The van der Waals surface area contributed by atoms with Gasteiger partial charge in [0.15, 0.2) is 6.61 Å². The van der Waals surface area contributed by atoms with Crippen molar-refractivity contribution >= 4 is 52.2 Å². The quantitative estimate of drug-likeness (QED) is 0.448. The monoisotopic (exact) mass is 478 g/mol. The largest absolute Gasteiger partial charge is 0.483 e. The lowest BCUT2D eigenvalue weighted by atomic mass is 10.1. The second kappa shape index (κ2) is 10.4. The fourth-order valence-electron chi connectivity index (χ4n) is 3.17. The highest BCUT2D eigenvalue weighted by Crippen LogP contribution is 2.35. The van der Waals surface area contributed by atoms with E-state index in [4.69, 9.17) is 16.3 Å². The predicted octanol–water partition coefficient (Wildman–Crippen LogP) is 5.59. The van der Waals surface area contributed by atoms with Crippen LogP contribution in [0, 0.1) is 0 Å². The maximum Gasteiger partial charge on any atom is 0.293 e. The number of benzene rings is 3. The molecule has 0 aromatic heterocycles. The molecule has 1 N–H and O–H groups in total. The molecule has 0 spiro atoms. The van der Waals surface area contributed by atoms with Crippen molar-refractivity contribution in [1.82, 2.24) is 4.90 Å². The second-order valence-electron chi connectivity index (χ2n) is 7.14. The zero-order valence-corrected chi connectivity index (χ0v) is 18.9. The number of ether oxygens (including phenoxy) is 1. The Hall–Kier alpha value is -3.55. The zero-order valence-electron chi connectivity index (χ0n) is 17.4. The summed E-state index contributed by atoms with van der Waals surface area (Å²) in [6, 6.07) is 23.2. The first-order valence-corrected chi connectivity index (χ1v) is 11.3. The van der Waals surface area contributed by atoms with Gasteiger partial charge in [-0.05, 0) is 53.7 Å². The van der Waals surface area contributed by atoms with Crippen molar-refractivity contribution in [2.45, 2.75) is 6.54 Å². The second-order valence-corrected chi connectivity index (χ2v) is 8.57. The topological polar surface area (TPSA) is 75.7 Å². The Morgan fingerprint density at radius 1 is 1.00 bits per heavy atom. The SMILES string of the molecule is O=C(COc1ccc(Cl)cc1/C=C1\SC(=O)N(Cc2ccccc2)C1=O)Nc1ccccc1. The average molecular weight is 479 g/mol. The van der Waals surface area contributed by atoms with Crippen LogP contribution in [-0.4, -0.2) is 28.6 Å². The molecule has 4 rings (SSSR count). The Labute approximate surface area is 200 Å². The maximum atomic E-state index is 12.9. The molecule has 6 nitrogen and oxygen atoms in total. The fourth-order valence-corrected chi connectivity index (χ4v) is 4.18. The molecule has 0 saturated carbocycles. The summed E-state index contributed by atoms with van der Waals surface area (Å²) in [5.74, 6) is -0.343. The van der Waals surface area contributed by atoms with E-state index < -0.39 is 0 Å². The number of para-hydroxylation sites is 1.